The molecule has 0 heterocycles. The van der Waals surface area contributed by atoms with Crippen molar-refractivity contribution in [3.05, 3.63) is 83.4 Å². The molecule has 94 valence electrons. The standard InChI is InChI=1S/C17H14O2/c1-12-8-10-15(11-9-12)17(19)13(2)16(18)14-6-4-3-5-7-14/h3-11H,2H2,1H3. The van der Waals surface area contributed by atoms with E-state index in [-0.39, 0.29) is 17.1 Å². The number of carbonyl (C=O) groups excluding carboxylic acids is 2. The van der Waals surface area contributed by atoms with Crippen molar-refractivity contribution in [2.24, 2.45) is 0 Å². The van der Waals surface area contributed by atoms with Crippen LogP contribution in [0.3, 0.4) is 0 Å². The van der Waals surface area contributed by atoms with E-state index >= 15 is 0 Å². The van der Waals surface area contributed by atoms with Crippen LogP contribution in [0.25, 0.3) is 0 Å². The summed E-state index contributed by atoms with van der Waals surface area (Å²) in [5.41, 5.74) is 2.03. The lowest BCUT2D eigenvalue weighted by atomic mass is 9.97. The van der Waals surface area contributed by atoms with Crippen LogP contribution in [-0.2, 0) is 0 Å². The van der Waals surface area contributed by atoms with Gasteiger partial charge < -0.3 is 0 Å². The van der Waals surface area contributed by atoms with Crippen LogP contribution >= 0.6 is 0 Å². The third-order valence-electron chi connectivity index (χ3n) is 2.90. The van der Waals surface area contributed by atoms with Crippen molar-refractivity contribution >= 4 is 11.6 Å². The second kappa shape index (κ2) is 5.44. The number of rotatable bonds is 4. The highest BCUT2D eigenvalue weighted by Crippen LogP contribution is 2.13. The van der Waals surface area contributed by atoms with Crippen molar-refractivity contribution in [3.63, 3.8) is 0 Å². The van der Waals surface area contributed by atoms with Crippen LogP contribution in [0.2, 0.25) is 0 Å². The molecule has 2 rings (SSSR count). The third-order valence-corrected chi connectivity index (χ3v) is 2.90. The Balaban J connectivity index is 2.23. The number of hydrogen-bond donors (Lipinski definition) is 0. The maximum Gasteiger partial charge on any atom is 0.196 e. The van der Waals surface area contributed by atoms with E-state index in [9.17, 15) is 9.59 Å². The van der Waals surface area contributed by atoms with Gasteiger partial charge in [0.2, 0.25) is 0 Å². The van der Waals surface area contributed by atoms with Crippen molar-refractivity contribution in [2.75, 3.05) is 0 Å². The summed E-state index contributed by atoms with van der Waals surface area (Å²) in [5, 5.41) is 0. The molecule has 0 unspecified atom stereocenters. The van der Waals surface area contributed by atoms with E-state index in [0.29, 0.717) is 11.1 Å². The minimum Gasteiger partial charge on any atom is -0.288 e. The Morgan fingerprint density at radius 2 is 1.26 bits per heavy atom. The van der Waals surface area contributed by atoms with Gasteiger partial charge in [-0.25, -0.2) is 0 Å². The lowest BCUT2D eigenvalue weighted by molar-refractivity contribution is 0.0963. The van der Waals surface area contributed by atoms with Gasteiger partial charge in [-0.05, 0) is 6.92 Å². The summed E-state index contributed by atoms with van der Waals surface area (Å²) in [6.45, 7) is 5.57. The molecule has 0 saturated heterocycles. The summed E-state index contributed by atoms with van der Waals surface area (Å²) >= 11 is 0. The average molecular weight is 250 g/mol. The first-order valence-corrected chi connectivity index (χ1v) is 5.99. The van der Waals surface area contributed by atoms with Crippen LogP contribution in [-0.4, -0.2) is 11.6 Å². The van der Waals surface area contributed by atoms with E-state index in [4.69, 9.17) is 0 Å². The SMILES string of the molecule is C=C(C(=O)c1ccccc1)C(=O)c1ccc(C)cc1. The van der Waals surface area contributed by atoms with Crippen LogP contribution < -0.4 is 0 Å². The first-order valence-electron chi connectivity index (χ1n) is 5.99. The fourth-order valence-corrected chi connectivity index (χ4v) is 1.75. The summed E-state index contributed by atoms with van der Waals surface area (Å²) in [4.78, 5) is 24.3. The van der Waals surface area contributed by atoms with E-state index in [2.05, 4.69) is 6.58 Å². The molecule has 2 nitrogen and oxygen atoms in total. The maximum atomic E-state index is 12.2. The molecule has 0 atom stereocenters. The third kappa shape index (κ3) is 2.86. The summed E-state index contributed by atoms with van der Waals surface area (Å²) in [6, 6.07) is 15.8. The number of allylic oxidation sites excluding steroid dienone is 1. The molecule has 0 N–H and O–H groups in total. The van der Waals surface area contributed by atoms with Gasteiger partial charge in [-0.1, -0.05) is 66.7 Å². The van der Waals surface area contributed by atoms with Gasteiger partial charge >= 0.3 is 0 Å². The van der Waals surface area contributed by atoms with Gasteiger partial charge in [0.15, 0.2) is 11.6 Å². The monoisotopic (exact) mass is 250 g/mol. The summed E-state index contributed by atoms with van der Waals surface area (Å²) < 4.78 is 0. The van der Waals surface area contributed by atoms with Crippen molar-refractivity contribution in [1.82, 2.24) is 0 Å². The molecular formula is C17H14O2. The highest BCUT2D eigenvalue weighted by molar-refractivity contribution is 6.30. The van der Waals surface area contributed by atoms with Crippen molar-refractivity contribution in [3.8, 4) is 0 Å². The van der Waals surface area contributed by atoms with Gasteiger partial charge in [0.25, 0.3) is 0 Å². The van der Waals surface area contributed by atoms with Crippen LogP contribution in [0.5, 0.6) is 0 Å². The topological polar surface area (TPSA) is 34.1 Å². The first kappa shape index (κ1) is 13.0. The van der Waals surface area contributed by atoms with E-state index < -0.39 is 0 Å². The van der Waals surface area contributed by atoms with Gasteiger partial charge in [-0.3, -0.25) is 9.59 Å². The predicted molar refractivity (Wildman–Crippen MR) is 75.4 cm³/mol. The summed E-state index contributed by atoms with van der Waals surface area (Å²) in [6.07, 6.45) is 0. The van der Waals surface area contributed by atoms with E-state index in [1.54, 1.807) is 36.4 Å². The first-order chi connectivity index (χ1) is 9.09. The van der Waals surface area contributed by atoms with E-state index in [1.165, 1.54) is 0 Å². The highest BCUT2D eigenvalue weighted by atomic mass is 16.1. The Hall–Kier alpha value is -2.48. The molecule has 2 aromatic rings. The smallest absolute Gasteiger partial charge is 0.196 e. The Morgan fingerprint density at radius 1 is 0.789 bits per heavy atom. The highest BCUT2D eigenvalue weighted by Gasteiger charge is 2.18. The predicted octanol–water partition coefficient (Wildman–Crippen LogP) is 3.62. The second-order valence-corrected chi connectivity index (χ2v) is 4.37. The molecule has 0 saturated carbocycles. The number of hydrogen-bond acceptors (Lipinski definition) is 2. The fourth-order valence-electron chi connectivity index (χ4n) is 1.75. The average Bonchev–Trinajstić information content (AvgIpc) is 2.46. The minimum absolute atomic E-state index is 0.00458. The zero-order valence-electron chi connectivity index (χ0n) is 10.7. The molecule has 0 amide bonds. The number of ketones is 2. The van der Waals surface area contributed by atoms with Gasteiger partial charge in [0.1, 0.15) is 0 Å². The zero-order valence-corrected chi connectivity index (χ0v) is 10.7. The Kier molecular flexibility index (Phi) is 3.71. The Morgan fingerprint density at radius 3 is 1.79 bits per heavy atom. The molecule has 0 aromatic heterocycles. The normalized spacial score (nSPS) is 9.95. The van der Waals surface area contributed by atoms with Crippen molar-refractivity contribution in [1.29, 1.82) is 0 Å². The van der Waals surface area contributed by atoms with Crippen LogP contribution in [0.4, 0.5) is 0 Å². The maximum absolute atomic E-state index is 12.2. The molecule has 0 radical (unpaired) electrons. The fraction of sp³-hybridized carbons (Fsp3) is 0.0588. The van der Waals surface area contributed by atoms with Crippen molar-refractivity contribution < 1.29 is 9.59 Å². The Labute approximate surface area is 112 Å². The lowest BCUT2D eigenvalue weighted by Crippen LogP contribution is -2.12. The van der Waals surface area contributed by atoms with E-state index in [1.807, 2.05) is 25.1 Å². The molecule has 2 aromatic carbocycles. The molecule has 0 spiro atoms. The van der Waals surface area contributed by atoms with Gasteiger partial charge in [-0.15, -0.1) is 0 Å². The number of aryl methyl sites for hydroxylation is 1. The number of benzene rings is 2. The zero-order chi connectivity index (χ0) is 13.8. The number of carbonyl (C=O) groups is 2. The molecule has 19 heavy (non-hydrogen) atoms. The van der Waals surface area contributed by atoms with Gasteiger partial charge in [-0.2, -0.15) is 0 Å². The second-order valence-electron chi connectivity index (χ2n) is 4.37. The minimum atomic E-state index is -0.328. The Bertz CT molecular complexity index is 622. The lowest BCUT2D eigenvalue weighted by Gasteiger charge is -2.04. The summed E-state index contributed by atoms with van der Waals surface area (Å²) in [7, 11) is 0. The molecular weight excluding hydrogens is 236 g/mol. The van der Waals surface area contributed by atoms with Crippen LogP contribution in [0.15, 0.2) is 66.7 Å². The van der Waals surface area contributed by atoms with Crippen LogP contribution in [0.1, 0.15) is 26.3 Å². The molecule has 0 fully saturated rings. The van der Waals surface area contributed by atoms with Gasteiger partial charge in [0.05, 0.1) is 5.57 Å². The largest absolute Gasteiger partial charge is 0.288 e. The van der Waals surface area contributed by atoms with Gasteiger partial charge in [0, 0.05) is 11.1 Å². The summed E-state index contributed by atoms with van der Waals surface area (Å²) in [5.74, 6) is -0.653. The van der Waals surface area contributed by atoms with Crippen LogP contribution in [0, 0.1) is 6.92 Å². The molecule has 0 bridgehead atoms. The molecule has 0 aliphatic carbocycles. The molecule has 0 aliphatic heterocycles. The molecule has 2 heteroatoms. The van der Waals surface area contributed by atoms with E-state index in [0.717, 1.165) is 5.56 Å². The van der Waals surface area contributed by atoms with Crippen molar-refractivity contribution in [2.45, 2.75) is 6.92 Å². The quantitative estimate of drug-likeness (QED) is 0.359. The number of Topliss-reactive ketones (excluding diaryl/α,β-unsaturated/α-hetero) is 2. The molecule has 0 aliphatic rings.